The zero-order valence-corrected chi connectivity index (χ0v) is 6.36. The van der Waals surface area contributed by atoms with Crippen molar-refractivity contribution in [2.45, 2.75) is 33.3 Å². The van der Waals surface area contributed by atoms with E-state index < -0.39 is 6.61 Å². The van der Waals surface area contributed by atoms with Crippen molar-refractivity contribution >= 4 is 0 Å². The first-order chi connectivity index (χ1) is 4.66. The number of hydrogen-bond acceptors (Lipinski definition) is 1. The average molecular weight is 151 g/mol. The molecule has 0 spiro atoms. The molecular weight excluding hydrogens is 138 g/mol. The Kier molecular flexibility index (Phi) is 5.49. The van der Waals surface area contributed by atoms with Crippen molar-refractivity contribution in [2.75, 3.05) is 6.61 Å². The molecule has 0 aromatic rings. The van der Waals surface area contributed by atoms with Crippen LogP contribution in [-0.4, -0.2) is 13.2 Å². The summed E-state index contributed by atoms with van der Waals surface area (Å²) in [6.45, 7) is 1.45. The van der Waals surface area contributed by atoms with E-state index in [1.165, 1.54) is 5.92 Å². The third kappa shape index (κ3) is 5.95. The molecule has 0 aromatic heterocycles. The van der Waals surface area contributed by atoms with E-state index in [4.69, 9.17) is 0 Å². The van der Waals surface area contributed by atoms with Crippen molar-refractivity contribution in [3.8, 4) is 0 Å². The van der Waals surface area contributed by atoms with Gasteiger partial charge in [0.2, 0.25) is 0 Å². The Morgan fingerprint density at radius 2 is 2.10 bits per heavy atom. The fraction of sp³-hybridized carbons (Fsp3) is 0.857. The summed E-state index contributed by atoms with van der Waals surface area (Å²) in [5, 5.41) is 0. The number of halogens is 2. The van der Waals surface area contributed by atoms with Crippen LogP contribution in [0.15, 0.2) is 0 Å². The summed E-state index contributed by atoms with van der Waals surface area (Å²) >= 11 is 0. The fourth-order valence-electron chi connectivity index (χ4n) is 0.499. The van der Waals surface area contributed by atoms with Crippen molar-refractivity contribution in [2.24, 2.45) is 0 Å². The third-order valence-electron chi connectivity index (χ3n) is 1.38. The van der Waals surface area contributed by atoms with Gasteiger partial charge >= 0.3 is 6.61 Å². The first-order valence-corrected chi connectivity index (χ1v) is 3.38. The molecule has 0 bridgehead atoms. The highest BCUT2D eigenvalue weighted by Crippen LogP contribution is 2.09. The lowest BCUT2D eigenvalue weighted by Crippen LogP contribution is -2.03. The minimum atomic E-state index is -2.62. The van der Waals surface area contributed by atoms with E-state index in [-0.39, 0.29) is 6.61 Å². The lowest BCUT2D eigenvalue weighted by atomic mass is 10.1. The van der Waals surface area contributed by atoms with E-state index in [2.05, 4.69) is 4.74 Å². The predicted octanol–water partition coefficient (Wildman–Crippen LogP) is 2.62. The van der Waals surface area contributed by atoms with E-state index in [0.29, 0.717) is 6.42 Å². The molecule has 0 saturated carbocycles. The quantitative estimate of drug-likeness (QED) is 0.586. The van der Waals surface area contributed by atoms with E-state index >= 15 is 0 Å². The van der Waals surface area contributed by atoms with Crippen LogP contribution in [0.1, 0.15) is 26.7 Å². The second kappa shape index (κ2) is 5.59. The zero-order chi connectivity index (χ0) is 7.98. The molecule has 0 unspecified atom stereocenters. The summed E-state index contributed by atoms with van der Waals surface area (Å²) in [5.74, 6) is 1.20. The summed E-state index contributed by atoms with van der Waals surface area (Å²) in [6.07, 6.45) is 1.58. The molecule has 1 nitrogen and oxygen atoms in total. The van der Waals surface area contributed by atoms with Crippen molar-refractivity contribution in [1.29, 1.82) is 0 Å². The molecule has 0 heterocycles. The molecule has 0 aliphatic heterocycles. The van der Waals surface area contributed by atoms with Crippen LogP contribution >= 0.6 is 0 Å². The van der Waals surface area contributed by atoms with Gasteiger partial charge in [0.1, 0.15) is 0 Å². The van der Waals surface area contributed by atoms with Gasteiger partial charge in [0.05, 0.1) is 6.61 Å². The molecule has 0 aliphatic carbocycles. The van der Waals surface area contributed by atoms with Crippen molar-refractivity contribution in [1.82, 2.24) is 0 Å². The molecule has 0 aliphatic rings. The fourth-order valence-corrected chi connectivity index (χ4v) is 0.499. The number of rotatable bonds is 5. The van der Waals surface area contributed by atoms with E-state index in [0.717, 1.165) is 6.42 Å². The highest BCUT2D eigenvalue weighted by molar-refractivity contribution is 4.80. The number of alkyl halides is 2. The second-order valence-corrected chi connectivity index (χ2v) is 2.19. The Bertz CT molecular complexity index is 76.0. The first-order valence-electron chi connectivity index (χ1n) is 3.38. The molecular formula is C7H13F2O. The van der Waals surface area contributed by atoms with Crippen LogP contribution in [0.3, 0.4) is 0 Å². The van der Waals surface area contributed by atoms with Crippen LogP contribution in [0.5, 0.6) is 0 Å². The Morgan fingerprint density at radius 1 is 1.50 bits per heavy atom. The molecule has 0 atom stereocenters. The predicted molar refractivity (Wildman–Crippen MR) is 35.8 cm³/mol. The Balaban J connectivity index is 3.03. The molecule has 0 N–H and O–H groups in total. The maximum Gasteiger partial charge on any atom is 0.345 e. The maximum absolute atomic E-state index is 11.4. The van der Waals surface area contributed by atoms with Gasteiger partial charge in [-0.3, -0.25) is 0 Å². The van der Waals surface area contributed by atoms with Crippen LogP contribution in [0.4, 0.5) is 8.78 Å². The molecule has 10 heavy (non-hydrogen) atoms. The summed E-state index contributed by atoms with van der Waals surface area (Å²) in [7, 11) is 0. The molecule has 61 valence electrons. The summed E-state index contributed by atoms with van der Waals surface area (Å²) in [6, 6.07) is 0. The molecule has 0 rings (SSSR count). The highest BCUT2D eigenvalue weighted by atomic mass is 19.3. The van der Waals surface area contributed by atoms with Crippen LogP contribution in [0.25, 0.3) is 0 Å². The summed E-state index contributed by atoms with van der Waals surface area (Å²) < 4.78 is 26.8. The summed E-state index contributed by atoms with van der Waals surface area (Å²) in [4.78, 5) is 0. The topological polar surface area (TPSA) is 9.23 Å². The van der Waals surface area contributed by atoms with E-state index in [1.54, 1.807) is 0 Å². The number of ether oxygens (including phenoxy) is 1. The average Bonchev–Trinajstić information content (AvgIpc) is 1.87. The normalized spacial score (nSPS) is 11.4. The van der Waals surface area contributed by atoms with Gasteiger partial charge in [-0.05, 0) is 12.3 Å². The first kappa shape index (κ1) is 9.82. The molecule has 0 fully saturated rings. The minimum absolute atomic E-state index is 0.136. The van der Waals surface area contributed by atoms with Crippen LogP contribution in [0, 0.1) is 5.92 Å². The monoisotopic (exact) mass is 151 g/mol. The van der Waals surface area contributed by atoms with Gasteiger partial charge in [-0.1, -0.05) is 20.3 Å². The third-order valence-corrected chi connectivity index (χ3v) is 1.38. The summed E-state index contributed by atoms with van der Waals surface area (Å²) in [5.41, 5.74) is 0. The van der Waals surface area contributed by atoms with Crippen LogP contribution in [0.2, 0.25) is 0 Å². The molecule has 3 heteroatoms. The smallest absolute Gasteiger partial charge is 0.323 e. The Hall–Kier alpha value is -0.180. The highest BCUT2D eigenvalue weighted by Gasteiger charge is 2.03. The van der Waals surface area contributed by atoms with Crippen LogP contribution in [-0.2, 0) is 4.74 Å². The van der Waals surface area contributed by atoms with Crippen LogP contribution < -0.4 is 0 Å². The van der Waals surface area contributed by atoms with Gasteiger partial charge in [0.15, 0.2) is 0 Å². The Labute approximate surface area is 60.4 Å². The minimum Gasteiger partial charge on any atom is -0.323 e. The lowest BCUT2D eigenvalue weighted by Gasteiger charge is -2.06. The van der Waals surface area contributed by atoms with Crippen molar-refractivity contribution in [3.63, 3.8) is 0 Å². The molecule has 1 radical (unpaired) electrons. The molecule has 0 aromatic carbocycles. The molecule has 0 amide bonds. The Morgan fingerprint density at radius 3 is 2.50 bits per heavy atom. The lowest BCUT2D eigenvalue weighted by molar-refractivity contribution is -0.128. The van der Waals surface area contributed by atoms with Gasteiger partial charge < -0.3 is 4.74 Å². The largest absolute Gasteiger partial charge is 0.345 e. The van der Waals surface area contributed by atoms with Gasteiger partial charge in [-0.25, -0.2) is 0 Å². The van der Waals surface area contributed by atoms with Gasteiger partial charge in [-0.2, -0.15) is 8.78 Å². The van der Waals surface area contributed by atoms with Gasteiger partial charge in [-0.15, -0.1) is 0 Å². The standard InChI is InChI=1S/C7H13F2O/c1-3-6(2)4-5-10-7(8)9/h7H,3-5H2,1-2H3. The zero-order valence-electron chi connectivity index (χ0n) is 6.36. The van der Waals surface area contributed by atoms with E-state index in [9.17, 15) is 8.78 Å². The SMILES string of the molecule is CC[C](C)CCOC(F)F. The van der Waals surface area contributed by atoms with Gasteiger partial charge in [0, 0.05) is 0 Å². The van der Waals surface area contributed by atoms with Crippen molar-refractivity contribution in [3.05, 3.63) is 5.92 Å². The van der Waals surface area contributed by atoms with Gasteiger partial charge in [0.25, 0.3) is 0 Å². The number of hydrogen-bond donors (Lipinski definition) is 0. The second-order valence-electron chi connectivity index (χ2n) is 2.19. The van der Waals surface area contributed by atoms with E-state index in [1.807, 2.05) is 13.8 Å². The molecule has 0 saturated heterocycles. The maximum atomic E-state index is 11.4. The van der Waals surface area contributed by atoms with Crippen molar-refractivity contribution < 1.29 is 13.5 Å².